The summed E-state index contributed by atoms with van der Waals surface area (Å²) in [6.45, 7) is 3.28. The Kier molecular flexibility index (Phi) is 5.27. The van der Waals surface area contributed by atoms with Crippen LogP contribution in [-0.2, 0) is 24.2 Å². The molecule has 0 aliphatic heterocycles. The summed E-state index contributed by atoms with van der Waals surface area (Å²) in [5.74, 6) is -1.92. The molecule has 88 valence electrons. The Morgan fingerprint density at radius 2 is 1.93 bits per heavy atom. The molecule has 1 atom stereocenters. The van der Waals surface area contributed by atoms with Gasteiger partial charge in [-0.3, -0.25) is 4.79 Å². The van der Waals surface area contributed by atoms with Crippen LogP contribution in [0.5, 0.6) is 0 Å². The van der Waals surface area contributed by atoms with E-state index < -0.39 is 33.5 Å². The number of carbonyl (C=O) groups is 2. The van der Waals surface area contributed by atoms with Crippen molar-refractivity contribution in [1.29, 1.82) is 0 Å². The molecule has 0 aliphatic carbocycles. The van der Waals surface area contributed by atoms with Crippen LogP contribution in [0, 0.1) is 0 Å². The summed E-state index contributed by atoms with van der Waals surface area (Å²) in [6, 6.07) is -0.834. The second kappa shape index (κ2) is 5.69. The van der Waals surface area contributed by atoms with Crippen molar-refractivity contribution in [2.75, 3.05) is 18.6 Å². The van der Waals surface area contributed by atoms with Gasteiger partial charge in [-0.05, 0) is 13.8 Å². The van der Waals surface area contributed by atoms with Gasteiger partial charge in [-0.25, -0.2) is 13.2 Å². The van der Waals surface area contributed by atoms with E-state index in [4.69, 9.17) is 0 Å². The van der Waals surface area contributed by atoms with Crippen LogP contribution in [0.1, 0.15) is 13.8 Å². The highest BCUT2D eigenvalue weighted by atomic mass is 32.2. The van der Waals surface area contributed by atoms with Crippen LogP contribution in [0.3, 0.4) is 0 Å². The number of hydrogen-bond acceptors (Lipinski definition) is 5. The van der Waals surface area contributed by atoms with Crippen LogP contribution in [0.2, 0.25) is 0 Å². The van der Waals surface area contributed by atoms with E-state index in [0.717, 1.165) is 6.26 Å². The minimum Gasteiger partial charge on any atom is -0.464 e. The van der Waals surface area contributed by atoms with Crippen molar-refractivity contribution >= 4 is 21.7 Å². The molecule has 0 saturated carbocycles. The molecule has 0 radical (unpaired) electrons. The molecule has 0 fully saturated rings. The molecule has 0 saturated heterocycles. The van der Waals surface area contributed by atoms with E-state index in [-0.39, 0.29) is 6.61 Å². The molecule has 0 spiro atoms. The number of ether oxygens (including phenoxy) is 1. The van der Waals surface area contributed by atoms with Crippen LogP contribution in [0.25, 0.3) is 0 Å². The average Bonchev–Trinajstić information content (AvgIpc) is 2.00. The summed E-state index contributed by atoms with van der Waals surface area (Å²) in [6.07, 6.45) is 0.946. The molecule has 0 rings (SSSR count). The Bertz CT molecular complexity index is 335. The lowest BCUT2D eigenvalue weighted by Gasteiger charge is -2.11. The summed E-state index contributed by atoms with van der Waals surface area (Å²) in [5.41, 5.74) is 0. The second-order valence-electron chi connectivity index (χ2n) is 3.11. The predicted molar refractivity (Wildman–Crippen MR) is 53.9 cm³/mol. The maximum absolute atomic E-state index is 11.1. The van der Waals surface area contributed by atoms with Gasteiger partial charge >= 0.3 is 5.97 Å². The molecule has 7 heteroatoms. The first kappa shape index (κ1) is 13.9. The standard InChI is InChI=1S/C8H15NO5S/c1-4-14-8(11)6(2)9-7(10)5-15(3,12)13/h6H,4-5H2,1-3H3,(H,9,10). The first-order chi connectivity index (χ1) is 6.76. The van der Waals surface area contributed by atoms with Crippen molar-refractivity contribution < 1.29 is 22.7 Å². The summed E-state index contributed by atoms with van der Waals surface area (Å²) in [5, 5.41) is 2.23. The van der Waals surface area contributed by atoms with Gasteiger partial charge < -0.3 is 10.1 Å². The van der Waals surface area contributed by atoms with Crippen molar-refractivity contribution in [3.63, 3.8) is 0 Å². The van der Waals surface area contributed by atoms with E-state index in [1.807, 2.05) is 0 Å². The van der Waals surface area contributed by atoms with Gasteiger partial charge in [0, 0.05) is 6.26 Å². The summed E-state index contributed by atoms with van der Waals surface area (Å²) in [4.78, 5) is 22.1. The van der Waals surface area contributed by atoms with Crippen LogP contribution < -0.4 is 5.32 Å². The Morgan fingerprint density at radius 3 is 2.33 bits per heavy atom. The third kappa shape index (κ3) is 6.89. The van der Waals surface area contributed by atoms with Crippen LogP contribution >= 0.6 is 0 Å². The Morgan fingerprint density at radius 1 is 1.40 bits per heavy atom. The fourth-order valence-corrected chi connectivity index (χ4v) is 1.41. The molecule has 0 bridgehead atoms. The molecule has 0 aliphatic rings. The topological polar surface area (TPSA) is 89.5 Å². The first-order valence-corrected chi connectivity index (χ1v) is 6.46. The van der Waals surface area contributed by atoms with E-state index in [2.05, 4.69) is 10.1 Å². The van der Waals surface area contributed by atoms with E-state index in [9.17, 15) is 18.0 Å². The number of esters is 1. The number of amides is 1. The quantitative estimate of drug-likeness (QED) is 0.626. The van der Waals surface area contributed by atoms with Crippen molar-refractivity contribution in [2.24, 2.45) is 0 Å². The number of hydrogen-bond donors (Lipinski definition) is 1. The third-order valence-electron chi connectivity index (χ3n) is 1.41. The molecule has 0 aromatic carbocycles. The van der Waals surface area contributed by atoms with Gasteiger partial charge in [0.1, 0.15) is 11.8 Å². The maximum Gasteiger partial charge on any atom is 0.328 e. The number of carbonyl (C=O) groups excluding carboxylic acids is 2. The van der Waals surface area contributed by atoms with Gasteiger partial charge in [-0.1, -0.05) is 0 Å². The van der Waals surface area contributed by atoms with Crippen molar-refractivity contribution in [2.45, 2.75) is 19.9 Å². The lowest BCUT2D eigenvalue weighted by atomic mass is 10.3. The Hall–Kier alpha value is -1.11. The fraction of sp³-hybridized carbons (Fsp3) is 0.750. The largest absolute Gasteiger partial charge is 0.464 e. The highest BCUT2D eigenvalue weighted by molar-refractivity contribution is 7.91. The van der Waals surface area contributed by atoms with Gasteiger partial charge in [-0.2, -0.15) is 0 Å². The number of nitrogens with one attached hydrogen (secondary N) is 1. The van der Waals surface area contributed by atoms with Crippen LogP contribution in [0.4, 0.5) is 0 Å². The predicted octanol–water partition coefficient (Wildman–Crippen LogP) is -0.901. The lowest BCUT2D eigenvalue weighted by Crippen LogP contribution is -2.42. The smallest absolute Gasteiger partial charge is 0.328 e. The van der Waals surface area contributed by atoms with Crippen LogP contribution in [0.15, 0.2) is 0 Å². The van der Waals surface area contributed by atoms with Gasteiger partial charge in [0.25, 0.3) is 0 Å². The number of rotatable bonds is 5. The zero-order valence-electron chi connectivity index (χ0n) is 8.94. The molecule has 15 heavy (non-hydrogen) atoms. The van der Waals surface area contributed by atoms with Crippen molar-refractivity contribution in [3.05, 3.63) is 0 Å². The highest BCUT2D eigenvalue weighted by Crippen LogP contribution is 1.89. The minimum absolute atomic E-state index is 0.213. The molecule has 0 heterocycles. The average molecular weight is 237 g/mol. The van der Waals surface area contributed by atoms with Crippen molar-refractivity contribution in [1.82, 2.24) is 5.32 Å². The molecule has 1 unspecified atom stereocenters. The van der Waals surface area contributed by atoms with E-state index in [1.54, 1.807) is 6.92 Å². The molecule has 6 nitrogen and oxygen atoms in total. The highest BCUT2D eigenvalue weighted by Gasteiger charge is 2.18. The van der Waals surface area contributed by atoms with Gasteiger partial charge in [0.05, 0.1) is 6.61 Å². The van der Waals surface area contributed by atoms with E-state index in [1.165, 1.54) is 6.92 Å². The van der Waals surface area contributed by atoms with Crippen LogP contribution in [-0.4, -0.2) is 45.0 Å². The summed E-state index contributed by atoms with van der Waals surface area (Å²) in [7, 11) is -3.37. The van der Waals surface area contributed by atoms with Crippen molar-refractivity contribution in [3.8, 4) is 0 Å². The molecule has 1 amide bonds. The zero-order valence-corrected chi connectivity index (χ0v) is 9.76. The summed E-state index contributed by atoms with van der Waals surface area (Å²) < 4.78 is 26.1. The van der Waals surface area contributed by atoms with Gasteiger partial charge in [-0.15, -0.1) is 0 Å². The molecule has 0 aromatic rings. The third-order valence-corrected chi connectivity index (χ3v) is 2.20. The molecule has 0 aromatic heterocycles. The van der Waals surface area contributed by atoms with Gasteiger partial charge in [0.15, 0.2) is 9.84 Å². The molecule has 1 N–H and O–H groups in total. The monoisotopic (exact) mass is 237 g/mol. The SMILES string of the molecule is CCOC(=O)C(C)NC(=O)CS(C)(=O)=O. The Balaban J connectivity index is 4.13. The maximum atomic E-state index is 11.1. The second-order valence-corrected chi connectivity index (χ2v) is 5.25. The first-order valence-electron chi connectivity index (χ1n) is 4.40. The Labute approximate surface area is 88.9 Å². The molecular weight excluding hydrogens is 222 g/mol. The molecular formula is C8H15NO5S. The zero-order chi connectivity index (χ0) is 12.1. The van der Waals surface area contributed by atoms with E-state index >= 15 is 0 Å². The number of sulfone groups is 1. The van der Waals surface area contributed by atoms with E-state index in [0.29, 0.717) is 0 Å². The minimum atomic E-state index is -3.37. The van der Waals surface area contributed by atoms with Gasteiger partial charge in [0.2, 0.25) is 5.91 Å². The normalized spacial score (nSPS) is 13.0. The fourth-order valence-electron chi connectivity index (χ4n) is 0.847. The summed E-state index contributed by atoms with van der Waals surface area (Å²) >= 11 is 0. The lowest BCUT2D eigenvalue weighted by molar-refractivity contribution is -0.146.